The van der Waals surface area contributed by atoms with Crippen LogP contribution in [0.15, 0.2) is 46.9 Å². The number of halogens is 1. The maximum Gasteiger partial charge on any atom is 0.279 e. The molecule has 25 heavy (non-hydrogen) atoms. The monoisotopic (exact) mass is 403 g/mol. The van der Waals surface area contributed by atoms with E-state index in [0.29, 0.717) is 12.6 Å². The van der Waals surface area contributed by atoms with Gasteiger partial charge in [0.15, 0.2) is 6.54 Å². The van der Waals surface area contributed by atoms with Crippen LogP contribution in [0.1, 0.15) is 49.9 Å². The van der Waals surface area contributed by atoms with Crippen LogP contribution in [0.25, 0.3) is 0 Å². The number of carbonyl (C=O) groups excluding carboxylic acids is 1. The van der Waals surface area contributed by atoms with Crippen LogP contribution in [0.2, 0.25) is 0 Å². The third kappa shape index (κ3) is 5.41. The summed E-state index contributed by atoms with van der Waals surface area (Å²) in [6.45, 7) is 6.83. The lowest BCUT2D eigenvalue weighted by Gasteiger charge is -2.16. The number of aryl methyl sites for hydroxylation is 2. The summed E-state index contributed by atoms with van der Waals surface area (Å²) in [5.74, 6) is 0.0613. The Morgan fingerprint density at radius 1 is 1.04 bits per heavy atom. The van der Waals surface area contributed by atoms with Crippen LogP contribution in [0.3, 0.4) is 0 Å². The van der Waals surface area contributed by atoms with Crippen LogP contribution in [-0.2, 0) is 17.6 Å². The lowest BCUT2D eigenvalue weighted by Crippen LogP contribution is -2.87. The van der Waals surface area contributed by atoms with Crippen LogP contribution >= 0.6 is 15.9 Å². The van der Waals surface area contributed by atoms with Gasteiger partial charge >= 0.3 is 0 Å². The Hall–Kier alpha value is -1.65. The minimum absolute atomic E-state index is 0.0613. The van der Waals surface area contributed by atoms with Gasteiger partial charge in [-0.25, -0.2) is 0 Å². The van der Waals surface area contributed by atoms with Crippen molar-refractivity contribution >= 4 is 27.5 Å². The minimum Gasteiger partial charge on any atom is -0.332 e. The maximum absolute atomic E-state index is 12.5. The molecule has 4 heteroatoms. The predicted molar refractivity (Wildman–Crippen MR) is 108 cm³/mol. The average molecular weight is 404 g/mol. The zero-order valence-corrected chi connectivity index (χ0v) is 16.9. The van der Waals surface area contributed by atoms with E-state index in [1.54, 1.807) is 0 Å². The highest BCUT2D eigenvalue weighted by Gasteiger charge is 2.16. The second-order valence-electron chi connectivity index (χ2n) is 6.21. The van der Waals surface area contributed by atoms with Gasteiger partial charge in [-0.15, -0.1) is 0 Å². The first-order valence-electron chi connectivity index (χ1n) is 9.08. The Balaban J connectivity index is 2.01. The predicted octanol–water partition coefficient (Wildman–Crippen LogP) is 4.23. The molecule has 0 unspecified atom stereocenters. The van der Waals surface area contributed by atoms with Crippen molar-refractivity contribution in [1.82, 2.24) is 0 Å². The molecule has 1 amide bonds. The maximum atomic E-state index is 12.5. The van der Waals surface area contributed by atoms with Gasteiger partial charge in [-0.2, -0.15) is 0 Å². The van der Waals surface area contributed by atoms with Crippen molar-refractivity contribution < 1.29 is 10.1 Å². The summed E-state index contributed by atoms with van der Waals surface area (Å²) < 4.78 is 1.08. The van der Waals surface area contributed by atoms with Gasteiger partial charge in [0.2, 0.25) is 0 Å². The van der Waals surface area contributed by atoms with Gasteiger partial charge in [0.25, 0.3) is 5.91 Å². The fourth-order valence-electron chi connectivity index (χ4n) is 3.09. The SMILES string of the molecule is CCc1cccc(CC)c1NC(=O)C[NH2+][C@@H](CC)c1ccc(Br)cc1. The topological polar surface area (TPSA) is 45.7 Å². The molecule has 2 rings (SSSR count). The molecule has 0 aliphatic carbocycles. The third-order valence-electron chi connectivity index (χ3n) is 4.59. The van der Waals surface area contributed by atoms with Crippen molar-refractivity contribution in [1.29, 1.82) is 0 Å². The number of carbonyl (C=O) groups is 1. The smallest absolute Gasteiger partial charge is 0.279 e. The highest BCUT2D eigenvalue weighted by Crippen LogP contribution is 2.22. The molecule has 0 radical (unpaired) electrons. The lowest BCUT2D eigenvalue weighted by molar-refractivity contribution is -0.686. The zero-order valence-electron chi connectivity index (χ0n) is 15.3. The summed E-state index contributed by atoms with van der Waals surface area (Å²) >= 11 is 3.47. The molecule has 3 nitrogen and oxygen atoms in total. The van der Waals surface area contributed by atoms with Crippen LogP contribution in [0.4, 0.5) is 5.69 Å². The summed E-state index contributed by atoms with van der Waals surface area (Å²) in [7, 11) is 0. The Morgan fingerprint density at radius 3 is 2.16 bits per heavy atom. The van der Waals surface area contributed by atoms with Gasteiger partial charge in [-0.1, -0.05) is 67.0 Å². The molecule has 0 heterocycles. The number of amides is 1. The Labute approximate surface area is 159 Å². The van der Waals surface area contributed by atoms with Crippen molar-refractivity contribution in [3.8, 4) is 0 Å². The molecule has 134 valence electrons. The second kappa shape index (κ2) is 9.73. The molecule has 0 aliphatic heterocycles. The minimum atomic E-state index is 0.0613. The molecular weight excluding hydrogens is 376 g/mol. The van der Waals surface area contributed by atoms with E-state index in [4.69, 9.17) is 0 Å². The van der Waals surface area contributed by atoms with Crippen LogP contribution in [0, 0.1) is 0 Å². The number of hydrogen-bond donors (Lipinski definition) is 2. The zero-order chi connectivity index (χ0) is 18.2. The summed E-state index contributed by atoms with van der Waals surface area (Å²) in [5.41, 5.74) is 4.66. The molecule has 0 spiro atoms. The van der Waals surface area contributed by atoms with E-state index >= 15 is 0 Å². The standard InChI is InChI=1S/C21H27BrN2O/c1-4-15-8-7-9-16(5-2)21(15)24-20(25)14-23-19(6-3)17-10-12-18(22)13-11-17/h7-13,19,23H,4-6,14H2,1-3H3,(H,24,25)/p+1/t19-/m0/s1. The molecule has 0 bridgehead atoms. The van der Waals surface area contributed by atoms with E-state index in [1.165, 1.54) is 16.7 Å². The fourth-order valence-corrected chi connectivity index (χ4v) is 3.36. The number of quaternary nitrogens is 1. The summed E-state index contributed by atoms with van der Waals surface area (Å²) in [6.07, 6.45) is 2.83. The van der Waals surface area contributed by atoms with Crippen LogP contribution in [-0.4, -0.2) is 12.5 Å². The van der Waals surface area contributed by atoms with Crippen molar-refractivity contribution in [2.75, 3.05) is 11.9 Å². The quantitative estimate of drug-likeness (QED) is 0.680. The average Bonchev–Trinajstić information content (AvgIpc) is 2.63. The van der Waals surface area contributed by atoms with Gasteiger partial charge in [0.1, 0.15) is 6.04 Å². The van der Waals surface area contributed by atoms with Gasteiger partial charge in [0, 0.05) is 22.1 Å². The Kier molecular flexibility index (Phi) is 7.66. The van der Waals surface area contributed by atoms with E-state index in [1.807, 2.05) is 0 Å². The largest absolute Gasteiger partial charge is 0.332 e. The first-order valence-corrected chi connectivity index (χ1v) is 9.87. The number of para-hydroxylation sites is 1. The van der Waals surface area contributed by atoms with Gasteiger partial charge in [0.05, 0.1) is 0 Å². The van der Waals surface area contributed by atoms with Crippen LogP contribution < -0.4 is 10.6 Å². The van der Waals surface area contributed by atoms with E-state index < -0.39 is 0 Å². The van der Waals surface area contributed by atoms with Crippen molar-refractivity contribution in [3.63, 3.8) is 0 Å². The number of nitrogens with two attached hydrogens (primary N) is 1. The summed E-state index contributed by atoms with van der Waals surface area (Å²) in [4.78, 5) is 12.5. The molecule has 1 atom stereocenters. The Bertz CT molecular complexity index is 675. The molecule has 0 aromatic heterocycles. The summed E-state index contributed by atoms with van der Waals surface area (Å²) in [6, 6.07) is 14.9. The number of anilines is 1. The lowest BCUT2D eigenvalue weighted by atomic mass is 10.0. The molecule has 0 saturated heterocycles. The van der Waals surface area contributed by atoms with Crippen LogP contribution in [0.5, 0.6) is 0 Å². The number of rotatable bonds is 8. The first-order chi connectivity index (χ1) is 12.1. The van der Waals surface area contributed by atoms with Gasteiger partial charge in [-0.05, 0) is 36.1 Å². The molecule has 0 saturated carbocycles. The van der Waals surface area contributed by atoms with E-state index in [9.17, 15) is 4.79 Å². The van der Waals surface area contributed by atoms with Gasteiger partial charge in [-0.3, -0.25) is 4.79 Å². The number of benzene rings is 2. The Morgan fingerprint density at radius 2 is 1.64 bits per heavy atom. The second-order valence-corrected chi connectivity index (χ2v) is 7.13. The van der Waals surface area contributed by atoms with Crippen molar-refractivity contribution in [3.05, 3.63) is 63.6 Å². The summed E-state index contributed by atoms with van der Waals surface area (Å²) in [5, 5.41) is 5.27. The van der Waals surface area contributed by atoms with E-state index in [2.05, 4.69) is 89.8 Å². The van der Waals surface area contributed by atoms with Gasteiger partial charge < -0.3 is 10.6 Å². The fraction of sp³-hybridized carbons (Fsp3) is 0.381. The third-order valence-corrected chi connectivity index (χ3v) is 5.12. The molecular formula is C21H28BrN2O+. The normalized spacial score (nSPS) is 12.0. The highest BCUT2D eigenvalue weighted by molar-refractivity contribution is 9.10. The first kappa shape index (κ1) is 19.7. The van der Waals surface area contributed by atoms with Crippen molar-refractivity contribution in [2.45, 2.75) is 46.1 Å². The molecule has 2 aromatic rings. The molecule has 0 fully saturated rings. The van der Waals surface area contributed by atoms with Crippen molar-refractivity contribution in [2.24, 2.45) is 0 Å². The number of nitrogens with one attached hydrogen (secondary N) is 1. The number of hydrogen-bond acceptors (Lipinski definition) is 1. The van der Waals surface area contributed by atoms with E-state index in [-0.39, 0.29) is 5.91 Å². The van der Waals surface area contributed by atoms with E-state index in [0.717, 1.165) is 29.4 Å². The highest BCUT2D eigenvalue weighted by atomic mass is 79.9. The molecule has 2 aromatic carbocycles. The molecule has 3 N–H and O–H groups in total. The molecule has 0 aliphatic rings.